The van der Waals surface area contributed by atoms with E-state index in [0.29, 0.717) is 17.5 Å². The van der Waals surface area contributed by atoms with Crippen LogP contribution >= 0.6 is 20.7 Å². The Morgan fingerprint density at radius 1 is 0.800 bits per heavy atom. The van der Waals surface area contributed by atoms with Crippen molar-refractivity contribution in [2.24, 2.45) is 15.9 Å². The largest absolute Gasteiger partial charge is 0.238 e. The lowest BCUT2D eigenvalue weighted by Gasteiger charge is -2.05. The van der Waals surface area contributed by atoms with Gasteiger partial charge in [0, 0.05) is 18.3 Å². The number of hydrogen-bond donors (Lipinski definition) is 0. The normalized spacial score (nSPS) is 15.6. The zero-order valence-corrected chi connectivity index (χ0v) is 17.9. The number of alkyl halides is 1. The summed E-state index contributed by atoms with van der Waals surface area (Å²) in [4.78, 5) is 46.4. The molecule has 3 aromatic rings. The topological polar surface area (TPSA) is 141 Å². The molecule has 0 fully saturated rings. The van der Waals surface area contributed by atoms with Gasteiger partial charge in [-0.1, -0.05) is 10.6 Å². The Balaban J connectivity index is 1.71. The molecular weight excluding hydrogens is 497 g/mol. The minimum atomic E-state index is 0.0663. The van der Waals surface area contributed by atoms with E-state index in [1.54, 1.807) is 6.20 Å². The van der Waals surface area contributed by atoms with Crippen LogP contribution in [0.25, 0.3) is 23.3 Å². The monoisotopic (exact) mass is 513 g/mol. The lowest BCUT2D eigenvalue weighted by atomic mass is 10.1. The Morgan fingerprint density at radius 2 is 1.40 bits per heavy atom. The molecule has 1 atom stereocenters. The van der Waals surface area contributed by atoms with Gasteiger partial charge in [0.15, 0.2) is 5.84 Å². The molecule has 0 radical (unpaired) electrons. The van der Waals surface area contributed by atoms with Crippen molar-refractivity contribution >= 4 is 37.3 Å². The zero-order valence-electron chi connectivity index (χ0n) is 15.7. The zero-order chi connectivity index (χ0) is 20.6. The highest BCUT2D eigenvalue weighted by molar-refractivity contribution is 14.2. The van der Waals surface area contributed by atoms with E-state index in [1.165, 1.54) is 29.7 Å². The number of allylic oxidation sites excluding steroid dienone is 1. The summed E-state index contributed by atoms with van der Waals surface area (Å²) in [7, 11) is 0. The Bertz CT molecular complexity index is 1040. The van der Waals surface area contributed by atoms with Gasteiger partial charge in [0.25, 0.3) is 0 Å². The molecule has 11 nitrogen and oxygen atoms in total. The predicted molar refractivity (Wildman–Crippen MR) is 120 cm³/mol. The van der Waals surface area contributed by atoms with Crippen molar-refractivity contribution in [3.63, 3.8) is 0 Å². The van der Waals surface area contributed by atoms with Gasteiger partial charge in [-0.2, -0.15) is 0 Å². The van der Waals surface area contributed by atoms with E-state index < -0.39 is 0 Å². The lowest BCUT2D eigenvalue weighted by Crippen LogP contribution is -2.11. The third kappa shape index (κ3) is 5.00. The quantitative estimate of drug-likeness (QED) is 0.262. The van der Waals surface area contributed by atoms with Gasteiger partial charge in [-0.25, -0.2) is 54.8 Å². The van der Waals surface area contributed by atoms with Crippen molar-refractivity contribution in [1.82, 2.24) is 44.9 Å². The fourth-order valence-corrected chi connectivity index (χ4v) is 3.53. The molecule has 0 saturated heterocycles. The minimum absolute atomic E-state index is 0.0663. The Hall–Kier alpha value is -3.29. The molecule has 1 aliphatic rings. The Kier molecular flexibility index (Phi) is 6.64. The Labute approximate surface area is 181 Å². The first-order chi connectivity index (χ1) is 14.8. The fraction of sp³-hybridized carbons (Fsp3) is 0.222. The average molecular weight is 513 g/mol. The van der Waals surface area contributed by atoms with Crippen molar-refractivity contribution in [3.05, 3.63) is 43.4 Å². The fourth-order valence-electron chi connectivity index (χ4n) is 2.55. The third-order valence-corrected chi connectivity index (χ3v) is 5.47. The van der Waals surface area contributed by atoms with E-state index in [-0.39, 0.29) is 44.1 Å². The maximum atomic E-state index is 4.52. The van der Waals surface area contributed by atoms with Gasteiger partial charge in [-0.15, -0.1) is 20.7 Å². The molecule has 3 aromatic heterocycles. The molecule has 12 heteroatoms. The summed E-state index contributed by atoms with van der Waals surface area (Å²) in [5.41, 5.74) is 0. The number of aliphatic imine (C=N–C) groups is 2. The van der Waals surface area contributed by atoms with Gasteiger partial charge in [0.2, 0.25) is 29.1 Å². The summed E-state index contributed by atoms with van der Waals surface area (Å²) in [6.07, 6.45) is 13.3. The first kappa shape index (κ1) is 20.0. The van der Waals surface area contributed by atoms with Gasteiger partial charge in [0.05, 0.1) is 0 Å². The molecule has 4 rings (SSSR count). The summed E-state index contributed by atoms with van der Waals surface area (Å²) in [5.74, 6) is 1.96. The van der Waals surface area contributed by atoms with Gasteiger partial charge in [0.1, 0.15) is 25.3 Å². The van der Waals surface area contributed by atoms with Crippen LogP contribution in [0.1, 0.15) is 18.7 Å². The highest BCUT2D eigenvalue weighted by Gasteiger charge is 2.17. The predicted octanol–water partition coefficient (Wildman–Crippen LogP) is 1.72. The molecule has 0 spiro atoms. The number of halogens is 1. The molecule has 0 saturated carbocycles. The van der Waals surface area contributed by atoms with Crippen molar-refractivity contribution in [3.8, 4) is 23.3 Å². The molecule has 0 amide bonds. The van der Waals surface area contributed by atoms with Gasteiger partial charge < -0.3 is 0 Å². The molecule has 0 aromatic carbocycles. The second-order valence-corrected chi connectivity index (χ2v) is 8.14. The molecule has 0 bridgehead atoms. The smallest absolute Gasteiger partial charge is 0.202 e. The van der Waals surface area contributed by atoms with Crippen molar-refractivity contribution < 1.29 is 0 Å². The maximum absolute atomic E-state index is 4.52. The standard InChI is InChI=1S/C18H16IN11/c1-19-5-2-3-12-4-6-22-13(23-7-12)16-28-17(14-24-8-20-9-25-14)30-18(29-16)15-26-10-21-11-27-15/h4,6-12H,1-3,5H2. The summed E-state index contributed by atoms with van der Waals surface area (Å²) in [6, 6.07) is 0. The van der Waals surface area contributed by atoms with Gasteiger partial charge >= 0.3 is 0 Å². The van der Waals surface area contributed by atoms with Crippen LogP contribution in [-0.4, -0.2) is 65.8 Å². The number of aromatic nitrogens is 9. The van der Waals surface area contributed by atoms with Crippen LogP contribution in [0.3, 0.4) is 0 Å². The lowest BCUT2D eigenvalue weighted by molar-refractivity contribution is 0.743. The summed E-state index contributed by atoms with van der Waals surface area (Å²) in [6.45, 7) is 0. The second kappa shape index (κ2) is 9.96. The van der Waals surface area contributed by atoms with E-state index >= 15 is 0 Å². The molecule has 1 unspecified atom stereocenters. The number of hydrogen-bond acceptors (Lipinski definition) is 11. The van der Waals surface area contributed by atoms with Crippen molar-refractivity contribution in [2.75, 3.05) is 4.43 Å². The summed E-state index contributed by atoms with van der Waals surface area (Å²) < 4.78 is 5.19. The van der Waals surface area contributed by atoms with Crippen molar-refractivity contribution in [1.29, 1.82) is 0 Å². The summed E-state index contributed by atoms with van der Waals surface area (Å²) in [5, 5.41) is 0. The molecule has 0 N–H and O–H groups in total. The summed E-state index contributed by atoms with van der Waals surface area (Å²) >= 11 is 0.0663. The van der Waals surface area contributed by atoms with Crippen LogP contribution in [0.2, 0.25) is 0 Å². The first-order valence-electron chi connectivity index (χ1n) is 8.96. The van der Waals surface area contributed by atoms with Gasteiger partial charge in [-0.05, 0) is 17.3 Å². The molecule has 4 heterocycles. The highest BCUT2D eigenvalue weighted by Crippen LogP contribution is 2.16. The molecule has 0 aliphatic carbocycles. The van der Waals surface area contributed by atoms with Crippen molar-refractivity contribution in [2.45, 2.75) is 12.8 Å². The van der Waals surface area contributed by atoms with Crippen LogP contribution < -0.4 is 0 Å². The van der Waals surface area contributed by atoms with Crippen LogP contribution in [0.5, 0.6) is 0 Å². The second-order valence-electron chi connectivity index (χ2n) is 5.99. The molecular formula is C18H16IN11. The molecule has 30 heavy (non-hydrogen) atoms. The number of nitrogens with zero attached hydrogens (tertiary/aromatic N) is 11. The van der Waals surface area contributed by atoms with E-state index in [4.69, 9.17) is 0 Å². The van der Waals surface area contributed by atoms with Crippen LogP contribution in [-0.2, 0) is 0 Å². The minimum Gasteiger partial charge on any atom is -0.238 e. The van der Waals surface area contributed by atoms with E-state index in [2.05, 4.69) is 59.4 Å². The van der Waals surface area contributed by atoms with E-state index in [0.717, 1.165) is 12.8 Å². The van der Waals surface area contributed by atoms with E-state index in [1.807, 2.05) is 12.3 Å². The third-order valence-electron chi connectivity index (χ3n) is 3.95. The number of amidine groups is 1. The van der Waals surface area contributed by atoms with Crippen LogP contribution in [0, 0.1) is 5.92 Å². The first-order valence-corrected chi connectivity index (χ1v) is 12.0. The SMILES string of the molecule is C=ICCCC1C=CN=C(c2nc(-c3ncncn3)nc(-c3ncncn3)n2)N=C1. The molecule has 150 valence electrons. The van der Waals surface area contributed by atoms with E-state index in [9.17, 15) is 0 Å². The number of rotatable bonds is 7. The van der Waals surface area contributed by atoms with Gasteiger partial charge in [-0.3, -0.25) is 0 Å². The maximum Gasteiger partial charge on any atom is 0.202 e. The average Bonchev–Trinajstić information content (AvgIpc) is 3.06. The molecule has 1 aliphatic heterocycles. The van der Waals surface area contributed by atoms with Crippen LogP contribution in [0.15, 0.2) is 47.6 Å². The highest BCUT2D eigenvalue weighted by atomic mass is 127. The van der Waals surface area contributed by atoms with Crippen LogP contribution in [0.4, 0.5) is 0 Å². The Morgan fingerprint density at radius 3 is 2.00 bits per heavy atom.